The van der Waals surface area contributed by atoms with Crippen LogP contribution in [0.2, 0.25) is 0 Å². The van der Waals surface area contributed by atoms with Crippen LogP contribution in [0, 0.1) is 0 Å². The van der Waals surface area contributed by atoms with E-state index in [1.165, 1.54) is 30.3 Å². The van der Waals surface area contributed by atoms with E-state index in [2.05, 4.69) is 18.3 Å². The molecule has 8 heteroatoms. The van der Waals surface area contributed by atoms with Crippen molar-refractivity contribution in [1.82, 2.24) is 0 Å². The van der Waals surface area contributed by atoms with E-state index in [1.807, 2.05) is 0 Å². The van der Waals surface area contributed by atoms with Crippen molar-refractivity contribution in [1.29, 1.82) is 0 Å². The Balaban J connectivity index is 2.35. The fraction of sp³-hybridized carbons (Fsp3) is 0. The first-order valence-electron chi connectivity index (χ1n) is 8.03. The molecule has 0 aliphatic rings. The summed E-state index contributed by atoms with van der Waals surface area (Å²) in [6.45, 7) is 0. The maximum absolute atomic E-state index is 12.5. The standard InChI is InChI=1S/C20H10O8/c21-17-12-6-1-7-13(10-12)18(22)26-28-20(24)15-9-3-5-11-4-2-8-14(16(11)15)19(23)27-25-17/h1-10H. The Morgan fingerprint density at radius 1 is 0.464 bits per heavy atom. The number of fused-ring (bicyclic) bond motifs is 2. The van der Waals surface area contributed by atoms with Gasteiger partial charge in [-0.2, -0.15) is 0 Å². The Labute approximate surface area is 153 Å². The normalized spacial score (nSPS) is 10.7. The summed E-state index contributed by atoms with van der Waals surface area (Å²) in [6.07, 6.45) is 0. The monoisotopic (exact) mass is 378 g/mol. The molecular weight excluding hydrogens is 368 g/mol. The molecule has 0 saturated carbocycles. The molecule has 138 valence electrons. The van der Waals surface area contributed by atoms with Gasteiger partial charge < -0.3 is 0 Å². The zero-order valence-corrected chi connectivity index (χ0v) is 14.0. The minimum Gasteiger partial charge on any atom is -0.242 e. The van der Waals surface area contributed by atoms with Crippen LogP contribution >= 0.6 is 0 Å². The van der Waals surface area contributed by atoms with E-state index in [0.29, 0.717) is 5.39 Å². The third-order valence-electron chi connectivity index (χ3n) is 4.06. The Kier molecular flexibility index (Phi) is 4.21. The lowest BCUT2D eigenvalue weighted by Crippen LogP contribution is -2.05. The number of hydrogen-bond acceptors (Lipinski definition) is 8. The molecule has 0 aliphatic carbocycles. The van der Waals surface area contributed by atoms with Gasteiger partial charge >= 0.3 is 22.5 Å². The maximum atomic E-state index is 12.5. The highest BCUT2D eigenvalue weighted by molar-refractivity contribution is 6.08. The third kappa shape index (κ3) is 3.03. The van der Waals surface area contributed by atoms with Gasteiger partial charge in [0, 0.05) is 5.39 Å². The van der Waals surface area contributed by atoms with Gasteiger partial charge in [0.15, 0.2) is 0 Å². The molecular formula is C20H10O8. The first-order valence-corrected chi connectivity index (χ1v) is 8.03. The van der Waals surface area contributed by atoms with Gasteiger partial charge in [0.1, 0.15) is 0 Å². The molecule has 0 atom stereocenters. The Hall–Kier alpha value is -4.20. The largest absolute Gasteiger partial charge is 0.386 e. The molecule has 0 N–H and O–H groups in total. The third-order valence-corrected chi connectivity index (χ3v) is 4.06. The Morgan fingerprint density at radius 2 is 0.857 bits per heavy atom. The minimum atomic E-state index is -0.988. The van der Waals surface area contributed by atoms with Gasteiger partial charge in [-0.1, -0.05) is 30.3 Å². The minimum absolute atomic E-state index is 0.0324. The first kappa shape index (κ1) is 17.2. The highest BCUT2D eigenvalue weighted by Gasteiger charge is 2.07. The zero-order chi connectivity index (χ0) is 19.7. The summed E-state index contributed by atoms with van der Waals surface area (Å²) in [7, 11) is 0. The van der Waals surface area contributed by atoms with Crippen molar-refractivity contribution >= 4 is 32.3 Å². The van der Waals surface area contributed by atoms with Crippen molar-refractivity contribution in [3.05, 3.63) is 102 Å². The molecule has 8 nitrogen and oxygen atoms in total. The smallest absolute Gasteiger partial charge is 0.242 e. The molecule has 1 heterocycles. The van der Waals surface area contributed by atoms with Gasteiger partial charge in [0.2, 0.25) is 0 Å². The second kappa shape index (κ2) is 6.84. The molecule has 4 aromatic rings. The lowest BCUT2D eigenvalue weighted by Gasteiger charge is -1.98. The van der Waals surface area contributed by atoms with Crippen molar-refractivity contribution in [2.45, 2.75) is 0 Å². The zero-order valence-electron chi connectivity index (χ0n) is 14.0. The predicted molar refractivity (Wildman–Crippen MR) is 99.5 cm³/mol. The van der Waals surface area contributed by atoms with E-state index in [9.17, 15) is 19.2 Å². The van der Waals surface area contributed by atoms with Gasteiger partial charge in [-0.25, -0.2) is 37.5 Å². The molecule has 1 aromatic heterocycles. The van der Waals surface area contributed by atoms with E-state index < -0.39 is 22.5 Å². The lowest BCUT2D eigenvalue weighted by atomic mass is 10.0. The molecule has 0 fully saturated rings. The van der Waals surface area contributed by atoms with Crippen LogP contribution in [0.1, 0.15) is 0 Å². The van der Waals surface area contributed by atoms with Crippen LogP contribution in [-0.2, 0) is 0 Å². The maximum Gasteiger partial charge on any atom is 0.386 e. The summed E-state index contributed by atoms with van der Waals surface area (Å²) >= 11 is 0. The molecule has 0 unspecified atom stereocenters. The van der Waals surface area contributed by atoms with Crippen molar-refractivity contribution in [3.63, 3.8) is 0 Å². The summed E-state index contributed by atoms with van der Waals surface area (Å²) in [4.78, 5) is 49.1. The van der Waals surface area contributed by atoms with Crippen LogP contribution in [0.15, 0.2) is 98.1 Å². The number of rotatable bonds is 0. The Bertz CT molecular complexity index is 1440. The van der Waals surface area contributed by atoms with E-state index in [0.717, 1.165) is 6.07 Å². The second-order valence-corrected chi connectivity index (χ2v) is 5.77. The highest BCUT2D eigenvalue weighted by Crippen LogP contribution is 2.20. The second-order valence-electron chi connectivity index (χ2n) is 5.77. The molecule has 0 aliphatic heterocycles. The summed E-state index contributed by atoms with van der Waals surface area (Å²) < 4.78 is 18.5. The summed E-state index contributed by atoms with van der Waals surface area (Å²) in [5.74, 6) is 0. The Morgan fingerprint density at radius 3 is 1.36 bits per heavy atom. The van der Waals surface area contributed by atoms with Crippen LogP contribution in [0.25, 0.3) is 32.3 Å². The van der Waals surface area contributed by atoms with Crippen molar-refractivity contribution in [2.24, 2.45) is 0 Å². The quantitative estimate of drug-likeness (QED) is 0.428. The van der Waals surface area contributed by atoms with E-state index in [1.54, 1.807) is 24.3 Å². The van der Waals surface area contributed by atoms with Gasteiger partial charge in [-0.05, 0) is 35.7 Å². The van der Waals surface area contributed by atoms with Gasteiger partial charge in [0.25, 0.3) is 0 Å². The SMILES string of the molecule is O=c1ooc(=O)c2cccc3cccc(c(=O)ooc(=O)c4cccc1c4)c32. The average molecular weight is 378 g/mol. The lowest BCUT2D eigenvalue weighted by molar-refractivity contribution is 0.0236. The van der Waals surface area contributed by atoms with E-state index >= 15 is 0 Å². The molecule has 0 radical (unpaired) electrons. The van der Waals surface area contributed by atoms with Crippen LogP contribution in [0.3, 0.4) is 0 Å². The van der Waals surface area contributed by atoms with Gasteiger partial charge in [0.05, 0.1) is 21.5 Å². The molecule has 28 heavy (non-hydrogen) atoms. The first-order chi connectivity index (χ1) is 13.5. The molecule has 2 bridgehead atoms. The van der Waals surface area contributed by atoms with Crippen molar-refractivity contribution in [3.8, 4) is 0 Å². The summed E-state index contributed by atoms with van der Waals surface area (Å²) in [6, 6.07) is 14.5. The molecule has 0 amide bonds. The molecule has 3 aromatic carbocycles. The number of benzene rings is 3. The molecule has 4 rings (SSSR count). The number of hydrogen-bond donors (Lipinski definition) is 0. The van der Waals surface area contributed by atoms with Crippen LogP contribution in [0.5, 0.6) is 0 Å². The topological polar surface area (TPSA) is 121 Å². The summed E-state index contributed by atoms with van der Waals surface area (Å²) in [5, 5.41) is 0.528. The van der Waals surface area contributed by atoms with E-state index in [4.69, 9.17) is 0 Å². The predicted octanol–water partition coefficient (Wildman–Crippen LogP) is 2.65. The van der Waals surface area contributed by atoms with E-state index in [-0.39, 0.29) is 26.9 Å². The fourth-order valence-electron chi connectivity index (χ4n) is 2.79. The summed E-state index contributed by atoms with van der Waals surface area (Å²) in [5.41, 5.74) is -3.94. The van der Waals surface area contributed by atoms with Gasteiger partial charge in [-0.15, -0.1) is 0 Å². The average Bonchev–Trinajstić information content (AvgIpc) is 2.73. The molecule has 0 saturated heterocycles. The van der Waals surface area contributed by atoms with Gasteiger partial charge in [-0.3, -0.25) is 0 Å². The van der Waals surface area contributed by atoms with Crippen molar-refractivity contribution in [2.75, 3.05) is 0 Å². The highest BCUT2D eigenvalue weighted by atomic mass is 17.0. The van der Waals surface area contributed by atoms with Crippen molar-refractivity contribution < 1.29 is 18.3 Å². The van der Waals surface area contributed by atoms with Crippen LogP contribution in [0.4, 0.5) is 0 Å². The van der Waals surface area contributed by atoms with Crippen LogP contribution in [-0.4, -0.2) is 0 Å². The molecule has 0 spiro atoms. The van der Waals surface area contributed by atoms with Crippen LogP contribution < -0.4 is 22.5 Å². The fourth-order valence-corrected chi connectivity index (χ4v) is 2.79.